The molecule has 0 radical (unpaired) electrons. The molecule has 0 bridgehead atoms. The third-order valence-electron chi connectivity index (χ3n) is 16.5. The summed E-state index contributed by atoms with van der Waals surface area (Å²) >= 11 is 0. The summed E-state index contributed by atoms with van der Waals surface area (Å²) in [5.41, 5.74) is 22.5. The Bertz CT molecular complexity index is 4140. The first-order valence-corrected chi connectivity index (χ1v) is 25.0. The summed E-state index contributed by atoms with van der Waals surface area (Å²) in [6.45, 7) is 4.62. The molecular weight excluding hydrogens is 857 g/mol. The highest BCUT2D eigenvalue weighted by Gasteiger charge is 2.59. The molecule has 0 fully saturated rings. The topological polar surface area (TPSA) is 25.8 Å². The van der Waals surface area contributed by atoms with E-state index in [4.69, 9.17) is 9.97 Å². The van der Waals surface area contributed by atoms with Gasteiger partial charge in [0.2, 0.25) is 0 Å². The maximum absolute atomic E-state index is 5.71. The number of aromatic nitrogens is 2. The van der Waals surface area contributed by atoms with Crippen LogP contribution in [0.3, 0.4) is 0 Å². The second kappa shape index (κ2) is 14.9. The van der Waals surface area contributed by atoms with Gasteiger partial charge in [0.05, 0.1) is 22.0 Å². The van der Waals surface area contributed by atoms with Crippen molar-refractivity contribution in [3.8, 4) is 44.6 Å². The number of para-hydroxylation sites is 1. The van der Waals surface area contributed by atoms with Gasteiger partial charge in [-0.2, -0.15) is 0 Å². The minimum atomic E-state index is -0.641. The van der Waals surface area contributed by atoms with Gasteiger partial charge in [-0.15, -0.1) is 0 Å². The summed E-state index contributed by atoms with van der Waals surface area (Å²) in [6, 6.07) is 88.6. The van der Waals surface area contributed by atoms with Crippen molar-refractivity contribution < 1.29 is 0 Å². The minimum Gasteiger partial charge on any atom is -0.232 e. The normalized spacial score (nSPS) is 14.5. The third kappa shape index (κ3) is 5.26. The van der Waals surface area contributed by atoms with Gasteiger partial charge < -0.3 is 0 Å². The van der Waals surface area contributed by atoms with Crippen molar-refractivity contribution in [1.29, 1.82) is 0 Å². The van der Waals surface area contributed by atoms with Gasteiger partial charge in [0.1, 0.15) is 5.82 Å². The van der Waals surface area contributed by atoms with Crippen molar-refractivity contribution in [2.24, 2.45) is 0 Å². The molecule has 0 saturated carbocycles. The fourth-order valence-corrected chi connectivity index (χ4v) is 13.7. The lowest BCUT2D eigenvalue weighted by atomic mass is 9.52. The molecular formula is C69H46N2. The molecule has 1 aromatic heterocycles. The average molecular weight is 903 g/mol. The van der Waals surface area contributed by atoms with Crippen LogP contribution in [0.5, 0.6) is 0 Å². The van der Waals surface area contributed by atoms with Gasteiger partial charge in [0, 0.05) is 16.9 Å². The highest BCUT2D eigenvalue weighted by molar-refractivity contribution is 6.03. The molecule has 12 aromatic rings. The Hall–Kier alpha value is -8.72. The van der Waals surface area contributed by atoms with Gasteiger partial charge >= 0.3 is 0 Å². The number of aryl methyl sites for hydroxylation is 1. The first kappa shape index (κ1) is 40.2. The molecule has 15 rings (SSSR count). The van der Waals surface area contributed by atoms with Crippen molar-refractivity contribution in [2.75, 3.05) is 0 Å². The van der Waals surface area contributed by atoms with Crippen LogP contribution in [0.2, 0.25) is 0 Å². The molecule has 0 aliphatic heterocycles. The van der Waals surface area contributed by atoms with Crippen LogP contribution in [0.15, 0.2) is 237 Å². The summed E-state index contributed by atoms with van der Waals surface area (Å²) in [6.07, 6.45) is 0. The van der Waals surface area contributed by atoms with E-state index in [-0.39, 0.29) is 5.92 Å². The molecule has 2 heteroatoms. The zero-order valence-electron chi connectivity index (χ0n) is 39.5. The second-order valence-corrected chi connectivity index (χ2v) is 19.9. The van der Waals surface area contributed by atoms with Crippen LogP contribution in [0.4, 0.5) is 0 Å². The lowest BCUT2D eigenvalue weighted by Gasteiger charge is -2.49. The molecule has 2 spiro atoms. The lowest BCUT2D eigenvalue weighted by Crippen LogP contribution is -2.43. The number of nitrogens with zero attached hydrogens (tertiary/aromatic N) is 2. The van der Waals surface area contributed by atoms with Crippen LogP contribution in [0.25, 0.3) is 77.1 Å². The maximum atomic E-state index is 5.71. The molecule has 0 amide bonds. The van der Waals surface area contributed by atoms with Gasteiger partial charge in [-0.1, -0.05) is 231 Å². The minimum absolute atomic E-state index is 0.223. The number of hydrogen-bond acceptors (Lipinski definition) is 2. The summed E-state index contributed by atoms with van der Waals surface area (Å²) in [7, 11) is 0. The largest absolute Gasteiger partial charge is 0.232 e. The molecule has 0 saturated heterocycles. The van der Waals surface area contributed by atoms with Crippen molar-refractivity contribution in [3.63, 3.8) is 0 Å². The maximum Gasteiger partial charge on any atom is 0.136 e. The van der Waals surface area contributed by atoms with Crippen LogP contribution in [-0.2, 0) is 10.8 Å². The number of fused-ring (bicyclic) bond motifs is 19. The zero-order chi connectivity index (χ0) is 47.0. The van der Waals surface area contributed by atoms with E-state index in [0.717, 1.165) is 28.0 Å². The Morgan fingerprint density at radius 2 is 0.845 bits per heavy atom. The number of hydrogen-bond donors (Lipinski definition) is 0. The molecule has 0 N–H and O–H groups in total. The van der Waals surface area contributed by atoms with Crippen molar-refractivity contribution >= 4 is 32.4 Å². The van der Waals surface area contributed by atoms with Gasteiger partial charge in [-0.05, 0) is 130 Å². The molecule has 71 heavy (non-hydrogen) atoms. The summed E-state index contributed by atoms with van der Waals surface area (Å²) < 4.78 is 0. The quantitative estimate of drug-likeness (QED) is 0.176. The van der Waals surface area contributed by atoms with Crippen molar-refractivity contribution in [2.45, 2.75) is 30.6 Å². The van der Waals surface area contributed by atoms with Gasteiger partial charge in [-0.25, -0.2) is 9.97 Å². The predicted octanol–water partition coefficient (Wildman–Crippen LogP) is 16.8. The van der Waals surface area contributed by atoms with E-state index in [1.165, 1.54) is 111 Å². The monoisotopic (exact) mass is 902 g/mol. The molecule has 2 nitrogen and oxygen atoms in total. The van der Waals surface area contributed by atoms with E-state index < -0.39 is 10.8 Å². The summed E-state index contributed by atoms with van der Waals surface area (Å²) in [4.78, 5) is 11.3. The van der Waals surface area contributed by atoms with E-state index in [1.54, 1.807) is 0 Å². The Morgan fingerprint density at radius 1 is 0.352 bits per heavy atom. The van der Waals surface area contributed by atoms with Crippen LogP contribution in [0, 0.1) is 6.92 Å². The molecule has 3 aliphatic rings. The fourth-order valence-electron chi connectivity index (χ4n) is 13.7. The van der Waals surface area contributed by atoms with Gasteiger partial charge in [0.25, 0.3) is 0 Å². The molecule has 11 aromatic carbocycles. The highest BCUT2D eigenvalue weighted by atomic mass is 14.9. The molecule has 1 heterocycles. The number of rotatable bonds is 4. The van der Waals surface area contributed by atoms with Crippen molar-refractivity contribution in [1.82, 2.24) is 9.97 Å². The second-order valence-electron chi connectivity index (χ2n) is 19.9. The van der Waals surface area contributed by atoms with E-state index in [2.05, 4.69) is 250 Å². The SMILES string of the molecule is Cc1ccc2ccccc2c1-c1ccc2c(c1[C@H](C)c1nc(-c3ccc4ccccc4c3)c3ccccc3n1)-c1ccccc1C21c2ccccc2C2(c3ccccc3-c3ccccc32)c2ccccc21. The fraction of sp³-hybridized carbons (Fsp3) is 0.0725. The van der Waals surface area contributed by atoms with E-state index in [0.29, 0.717) is 0 Å². The molecule has 0 unspecified atom stereocenters. The Kier molecular flexibility index (Phi) is 8.43. The predicted molar refractivity (Wildman–Crippen MR) is 292 cm³/mol. The summed E-state index contributed by atoms with van der Waals surface area (Å²) in [5, 5.41) is 5.92. The smallest absolute Gasteiger partial charge is 0.136 e. The first-order chi connectivity index (χ1) is 35.1. The van der Waals surface area contributed by atoms with Crippen LogP contribution in [0.1, 0.15) is 74.3 Å². The third-order valence-corrected chi connectivity index (χ3v) is 16.5. The molecule has 3 aliphatic carbocycles. The van der Waals surface area contributed by atoms with Gasteiger partial charge in [0.15, 0.2) is 0 Å². The molecule has 332 valence electrons. The van der Waals surface area contributed by atoms with Gasteiger partial charge in [-0.3, -0.25) is 0 Å². The highest BCUT2D eigenvalue weighted by Crippen LogP contribution is 2.68. The van der Waals surface area contributed by atoms with Crippen molar-refractivity contribution in [3.05, 3.63) is 298 Å². The van der Waals surface area contributed by atoms with Crippen LogP contribution >= 0.6 is 0 Å². The van der Waals surface area contributed by atoms with E-state index in [1.807, 2.05) is 0 Å². The number of benzene rings is 11. The van der Waals surface area contributed by atoms with E-state index in [9.17, 15) is 0 Å². The lowest BCUT2D eigenvalue weighted by molar-refractivity contribution is 0.632. The first-order valence-electron chi connectivity index (χ1n) is 25.0. The molecule has 1 atom stereocenters. The van der Waals surface area contributed by atoms with E-state index >= 15 is 0 Å². The van der Waals surface area contributed by atoms with Crippen LogP contribution < -0.4 is 0 Å². The Labute approximate surface area is 413 Å². The summed E-state index contributed by atoms with van der Waals surface area (Å²) in [5.74, 6) is 0.583. The standard InChI is InChI=1S/C69H46N2/c1-42-35-36-45-20-5-6-22-48(45)63(42)53-39-40-61-65(64(53)43(2)67-70-62-34-18-10-26-52(62)66(71-67)47-38-37-44-19-3-4-21-46(44)41-47)51-25-9-13-29-56(51)69(61)59-32-16-14-30-57(59)68(58-31-15-17-33-60(58)69)54-27-11-7-23-49(54)50-24-8-12-28-55(50)68/h3-41,43H,1-2H3/t43-/m0/s1. The zero-order valence-corrected chi connectivity index (χ0v) is 39.5. The average Bonchev–Trinajstić information content (AvgIpc) is 3.90. The van der Waals surface area contributed by atoms with Crippen LogP contribution in [-0.4, -0.2) is 9.97 Å². The Morgan fingerprint density at radius 3 is 1.51 bits per heavy atom. The Balaban J connectivity index is 1.07.